The lowest BCUT2D eigenvalue weighted by Crippen LogP contribution is -2.53. The predicted molar refractivity (Wildman–Crippen MR) is 143 cm³/mol. The van der Waals surface area contributed by atoms with E-state index in [-0.39, 0.29) is 42.0 Å². The van der Waals surface area contributed by atoms with E-state index in [1.807, 2.05) is 64.4 Å². The second-order valence-electron chi connectivity index (χ2n) is 11.1. The Labute approximate surface area is 216 Å². The first-order valence-corrected chi connectivity index (χ1v) is 13.2. The molecule has 3 atom stereocenters. The summed E-state index contributed by atoms with van der Waals surface area (Å²) in [6.07, 6.45) is 2.21. The van der Waals surface area contributed by atoms with Crippen molar-refractivity contribution in [1.82, 2.24) is 14.8 Å². The van der Waals surface area contributed by atoms with Gasteiger partial charge in [-0.05, 0) is 42.5 Å². The average Bonchev–Trinajstić information content (AvgIpc) is 3.68. The smallest absolute Gasteiger partial charge is 0.268 e. The molecule has 0 unspecified atom stereocenters. The van der Waals surface area contributed by atoms with Crippen molar-refractivity contribution in [1.29, 1.82) is 0 Å². The van der Waals surface area contributed by atoms with E-state index >= 15 is 0 Å². The number of aromatic nitrogens is 1. The first kappa shape index (κ1) is 23.6. The van der Waals surface area contributed by atoms with Crippen LogP contribution in [0, 0.1) is 11.8 Å². The topological polar surface area (TPSA) is 85.8 Å². The summed E-state index contributed by atoms with van der Waals surface area (Å²) >= 11 is 0. The molecule has 4 heterocycles. The summed E-state index contributed by atoms with van der Waals surface area (Å²) in [5.74, 6) is -0.0671. The Balaban J connectivity index is 1.13. The Morgan fingerprint density at radius 1 is 1.00 bits per heavy atom. The Bertz CT molecular complexity index is 1390. The van der Waals surface area contributed by atoms with E-state index in [1.165, 1.54) is 0 Å². The number of hydrogen-bond donors (Lipinski definition) is 1. The number of carbonyl (C=O) groups is 3. The van der Waals surface area contributed by atoms with E-state index in [1.54, 1.807) is 0 Å². The number of benzene rings is 2. The van der Waals surface area contributed by atoms with Crippen molar-refractivity contribution in [2.45, 2.75) is 51.6 Å². The number of rotatable bonds is 7. The number of Topliss-reactive ketones (excluding diaryl/α,β-unsaturated/α-hetero) is 1. The minimum atomic E-state index is -0.365. The molecule has 3 aromatic rings. The highest BCUT2D eigenvalue weighted by Crippen LogP contribution is 2.35. The number of piperazine rings is 1. The fourth-order valence-corrected chi connectivity index (χ4v) is 6.24. The zero-order valence-electron chi connectivity index (χ0n) is 21.3. The number of carbonyl (C=O) groups excluding carboxylic acids is 3. The summed E-state index contributed by atoms with van der Waals surface area (Å²) in [5, 5.41) is 0.995. The van der Waals surface area contributed by atoms with E-state index in [0.29, 0.717) is 43.3 Å². The van der Waals surface area contributed by atoms with Gasteiger partial charge >= 0.3 is 0 Å². The van der Waals surface area contributed by atoms with Crippen LogP contribution in [0.2, 0.25) is 0 Å². The number of hydrogen-bond acceptors (Lipinski definition) is 4. The number of nitrogens with zero attached hydrogens (tertiary/aromatic N) is 3. The third-order valence-corrected chi connectivity index (χ3v) is 8.00. The largest absolute Gasteiger partial charge is 0.352 e. The zero-order valence-corrected chi connectivity index (χ0v) is 21.3. The highest BCUT2D eigenvalue weighted by molar-refractivity contribution is 6.41. The molecule has 7 heteroatoms. The molecule has 2 amide bonds. The fourth-order valence-electron chi connectivity index (χ4n) is 6.24. The zero-order chi connectivity index (χ0) is 25.7. The van der Waals surface area contributed by atoms with Crippen LogP contribution in [0.1, 0.15) is 49.2 Å². The third-order valence-electron chi connectivity index (χ3n) is 8.00. The van der Waals surface area contributed by atoms with Crippen molar-refractivity contribution in [2.24, 2.45) is 16.8 Å². The highest BCUT2D eigenvalue weighted by Gasteiger charge is 2.49. The maximum atomic E-state index is 13.7. The molecule has 0 aliphatic carbocycles. The molecular formula is C30H32N4O3. The number of fused-ring (bicyclic) bond motifs is 4. The van der Waals surface area contributed by atoms with Crippen LogP contribution >= 0.6 is 0 Å². The van der Waals surface area contributed by atoms with Gasteiger partial charge in [0, 0.05) is 42.8 Å². The van der Waals surface area contributed by atoms with Crippen LogP contribution in [0.3, 0.4) is 0 Å². The van der Waals surface area contributed by atoms with Gasteiger partial charge in [-0.15, -0.1) is 0 Å². The van der Waals surface area contributed by atoms with Crippen molar-refractivity contribution < 1.29 is 14.4 Å². The van der Waals surface area contributed by atoms with E-state index in [2.05, 4.69) is 23.8 Å². The fraction of sp³-hybridized carbons (Fsp3) is 0.400. The van der Waals surface area contributed by atoms with Gasteiger partial charge in [-0.25, -0.2) is 4.99 Å². The van der Waals surface area contributed by atoms with Crippen molar-refractivity contribution in [3.05, 3.63) is 65.9 Å². The van der Waals surface area contributed by atoms with Gasteiger partial charge in [-0.2, -0.15) is 0 Å². The molecular weight excluding hydrogens is 464 g/mol. The van der Waals surface area contributed by atoms with Crippen LogP contribution in [0.4, 0.5) is 5.69 Å². The average molecular weight is 497 g/mol. The monoisotopic (exact) mass is 496 g/mol. The van der Waals surface area contributed by atoms with Crippen molar-refractivity contribution in [2.75, 3.05) is 13.1 Å². The Kier molecular flexibility index (Phi) is 5.94. The van der Waals surface area contributed by atoms with Gasteiger partial charge in [0.15, 0.2) is 5.78 Å². The predicted octanol–water partition coefficient (Wildman–Crippen LogP) is 4.54. The molecule has 2 saturated heterocycles. The molecule has 7 nitrogen and oxygen atoms in total. The molecule has 3 aliphatic heterocycles. The SMILES string of the molecule is CC(C)C[C@H](CC(=O)c1cc2ccccc2[nH]1)C(=O)N1C[C@@H]2C[C@H]1CN2C(=O)C1=Nc2ccccc2C1. The molecule has 190 valence electrons. The molecule has 0 spiro atoms. The van der Waals surface area contributed by atoms with Crippen molar-refractivity contribution in [3.63, 3.8) is 0 Å². The molecule has 1 N–H and O–H groups in total. The number of amides is 2. The van der Waals surface area contributed by atoms with Gasteiger partial charge < -0.3 is 14.8 Å². The second-order valence-corrected chi connectivity index (χ2v) is 11.1. The number of aromatic amines is 1. The maximum absolute atomic E-state index is 13.7. The first-order valence-electron chi connectivity index (χ1n) is 13.2. The Morgan fingerprint density at radius 2 is 1.73 bits per heavy atom. The highest BCUT2D eigenvalue weighted by atomic mass is 16.2. The molecule has 2 bridgehead atoms. The van der Waals surface area contributed by atoms with E-state index in [9.17, 15) is 14.4 Å². The maximum Gasteiger partial charge on any atom is 0.268 e. The molecule has 37 heavy (non-hydrogen) atoms. The van der Waals surface area contributed by atoms with Gasteiger partial charge in [0.2, 0.25) is 5.91 Å². The molecule has 0 radical (unpaired) electrons. The summed E-state index contributed by atoms with van der Waals surface area (Å²) in [6, 6.07) is 17.6. The summed E-state index contributed by atoms with van der Waals surface area (Å²) in [6.45, 7) is 5.24. The van der Waals surface area contributed by atoms with Crippen LogP contribution in [-0.4, -0.2) is 63.3 Å². The molecule has 6 rings (SSSR count). The molecule has 1 aromatic heterocycles. The van der Waals surface area contributed by atoms with E-state index in [4.69, 9.17) is 0 Å². The number of aliphatic imine (C=N–C) groups is 1. The van der Waals surface area contributed by atoms with Gasteiger partial charge in [0.25, 0.3) is 5.91 Å². The summed E-state index contributed by atoms with van der Waals surface area (Å²) in [7, 11) is 0. The number of H-pyrrole nitrogens is 1. The van der Waals surface area contributed by atoms with Gasteiger partial charge in [0.05, 0.1) is 23.5 Å². The summed E-state index contributed by atoms with van der Waals surface area (Å²) in [4.78, 5) is 51.8. The Hall–Kier alpha value is -3.74. The standard InChI is InChI=1S/C30H32N4O3/c1-18(2)11-21(14-28(35)26-12-19-7-3-5-9-24(19)31-26)29(36)33-16-23-15-22(33)17-34(23)30(37)27-13-20-8-4-6-10-25(20)32-27/h3-10,12,18,21-23,31H,11,13-17H2,1-2H3/t21-,22+,23+/m1/s1. The lowest BCUT2D eigenvalue weighted by molar-refractivity contribution is -0.140. The lowest BCUT2D eigenvalue weighted by atomic mass is 9.90. The van der Waals surface area contributed by atoms with Crippen LogP contribution in [0.25, 0.3) is 10.9 Å². The van der Waals surface area contributed by atoms with Crippen LogP contribution in [0.15, 0.2) is 59.6 Å². The first-order chi connectivity index (χ1) is 17.9. The van der Waals surface area contributed by atoms with Crippen molar-refractivity contribution >= 4 is 39.9 Å². The van der Waals surface area contributed by atoms with Gasteiger partial charge in [-0.3, -0.25) is 14.4 Å². The summed E-state index contributed by atoms with van der Waals surface area (Å²) in [5.41, 5.74) is 4.04. The molecule has 3 aliphatic rings. The lowest BCUT2D eigenvalue weighted by Gasteiger charge is -2.36. The minimum absolute atomic E-state index is 0.00340. The minimum Gasteiger partial charge on any atom is -0.352 e. The molecule has 2 fully saturated rings. The normalized spacial score (nSPS) is 21.0. The van der Waals surface area contributed by atoms with Gasteiger partial charge in [-0.1, -0.05) is 50.2 Å². The van der Waals surface area contributed by atoms with E-state index < -0.39 is 0 Å². The van der Waals surface area contributed by atoms with Crippen molar-refractivity contribution in [3.8, 4) is 0 Å². The van der Waals surface area contributed by atoms with Crippen LogP contribution in [0.5, 0.6) is 0 Å². The Morgan fingerprint density at radius 3 is 2.46 bits per heavy atom. The molecule has 2 aromatic carbocycles. The second kappa shape index (κ2) is 9.29. The summed E-state index contributed by atoms with van der Waals surface area (Å²) < 4.78 is 0. The van der Waals surface area contributed by atoms with E-state index in [0.717, 1.165) is 28.6 Å². The van der Waals surface area contributed by atoms with Crippen LogP contribution in [-0.2, 0) is 16.0 Å². The van der Waals surface area contributed by atoms with Crippen LogP contribution < -0.4 is 0 Å². The number of ketones is 1. The quantitative estimate of drug-likeness (QED) is 0.487. The number of nitrogens with one attached hydrogen (secondary N) is 1. The molecule has 0 saturated carbocycles. The third kappa shape index (κ3) is 4.37. The van der Waals surface area contributed by atoms with Gasteiger partial charge in [0.1, 0.15) is 5.71 Å². The number of para-hydroxylation sites is 2. The number of likely N-dealkylation sites (tertiary alicyclic amines) is 2.